The van der Waals surface area contributed by atoms with Crippen LogP contribution in [-0.4, -0.2) is 0 Å². The van der Waals surface area contributed by atoms with E-state index in [0.29, 0.717) is 5.41 Å². The first-order chi connectivity index (χ1) is 10.6. The van der Waals surface area contributed by atoms with E-state index in [9.17, 15) is 0 Å². The first-order valence-corrected chi connectivity index (χ1v) is 10.6. The molecule has 4 fully saturated rings. The Hall–Kier alpha value is 0. The lowest BCUT2D eigenvalue weighted by atomic mass is 9.54. The highest BCUT2D eigenvalue weighted by Crippen LogP contribution is 2.61. The first kappa shape index (κ1) is 15.5. The summed E-state index contributed by atoms with van der Waals surface area (Å²) in [5.74, 6) is 7.56. The predicted molar refractivity (Wildman–Crippen MR) is 94.7 cm³/mol. The van der Waals surface area contributed by atoms with E-state index in [-0.39, 0.29) is 0 Å². The molecule has 0 aromatic heterocycles. The minimum Gasteiger partial charge on any atom is -0.0622 e. The van der Waals surface area contributed by atoms with Crippen LogP contribution in [0.2, 0.25) is 0 Å². The van der Waals surface area contributed by atoms with E-state index in [4.69, 9.17) is 0 Å². The van der Waals surface area contributed by atoms with Crippen LogP contribution in [0.4, 0.5) is 0 Å². The Morgan fingerprint density at radius 3 is 2.18 bits per heavy atom. The summed E-state index contributed by atoms with van der Waals surface area (Å²) in [6.07, 6.45) is 17.0. The summed E-state index contributed by atoms with van der Waals surface area (Å²) in [5.41, 5.74) is 0.615. The van der Waals surface area contributed by atoms with Gasteiger partial charge in [0.25, 0.3) is 0 Å². The molecule has 0 nitrogen and oxygen atoms in total. The standard InChI is InChI=1S/C22H38/c1-15-12-17-14-19(13-16-8-7-11-20(15)21(16)17)22(2,3)18-9-5-4-6-10-18/h15-21H,4-14H2,1-3H3. The summed E-state index contributed by atoms with van der Waals surface area (Å²) in [4.78, 5) is 0. The second kappa shape index (κ2) is 5.82. The van der Waals surface area contributed by atoms with Gasteiger partial charge in [-0.1, -0.05) is 52.9 Å². The Balaban J connectivity index is 1.52. The van der Waals surface area contributed by atoms with Crippen molar-refractivity contribution in [1.29, 1.82) is 0 Å². The van der Waals surface area contributed by atoms with Crippen LogP contribution in [-0.2, 0) is 0 Å². The lowest BCUT2D eigenvalue weighted by Gasteiger charge is -2.51. The zero-order valence-corrected chi connectivity index (χ0v) is 15.3. The van der Waals surface area contributed by atoms with Gasteiger partial charge in [0.2, 0.25) is 0 Å². The molecule has 0 aliphatic heterocycles. The fourth-order valence-electron chi connectivity index (χ4n) is 7.70. The van der Waals surface area contributed by atoms with Gasteiger partial charge in [0.1, 0.15) is 0 Å². The Morgan fingerprint density at radius 2 is 1.41 bits per heavy atom. The molecular formula is C22H38. The van der Waals surface area contributed by atoms with E-state index in [1.807, 2.05) is 0 Å². The van der Waals surface area contributed by atoms with Crippen LogP contribution in [0.1, 0.15) is 91.4 Å². The van der Waals surface area contributed by atoms with E-state index >= 15 is 0 Å². The predicted octanol–water partition coefficient (Wildman–Crippen LogP) is 6.69. The topological polar surface area (TPSA) is 0 Å². The minimum absolute atomic E-state index is 0.615. The zero-order chi connectivity index (χ0) is 15.3. The molecule has 0 aromatic rings. The third-order valence-corrected chi connectivity index (χ3v) is 8.98. The van der Waals surface area contributed by atoms with Gasteiger partial charge in [-0.2, -0.15) is 0 Å². The molecular weight excluding hydrogens is 264 g/mol. The van der Waals surface area contributed by atoms with Crippen LogP contribution in [0.3, 0.4) is 0 Å². The molecule has 0 saturated heterocycles. The molecule has 6 atom stereocenters. The Bertz CT molecular complexity index is 381. The van der Waals surface area contributed by atoms with Crippen molar-refractivity contribution in [1.82, 2.24) is 0 Å². The zero-order valence-electron chi connectivity index (χ0n) is 15.3. The molecule has 0 radical (unpaired) electrons. The molecule has 0 heteroatoms. The van der Waals surface area contributed by atoms with Crippen molar-refractivity contribution in [3.8, 4) is 0 Å². The lowest BCUT2D eigenvalue weighted by molar-refractivity contribution is -0.0183. The van der Waals surface area contributed by atoms with Crippen LogP contribution >= 0.6 is 0 Å². The smallest absolute Gasteiger partial charge is 0.0297 e. The third-order valence-electron chi connectivity index (χ3n) is 8.98. The molecule has 0 heterocycles. The van der Waals surface area contributed by atoms with Crippen molar-refractivity contribution >= 4 is 0 Å². The summed E-state index contributed by atoms with van der Waals surface area (Å²) in [5, 5.41) is 0. The van der Waals surface area contributed by atoms with Gasteiger partial charge in [0.05, 0.1) is 0 Å². The average Bonchev–Trinajstić information content (AvgIpc) is 2.86. The van der Waals surface area contributed by atoms with E-state index in [0.717, 1.165) is 41.4 Å². The molecule has 4 rings (SSSR count). The maximum absolute atomic E-state index is 2.66. The summed E-state index contributed by atoms with van der Waals surface area (Å²) >= 11 is 0. The van der Waals surface area contributed by atoms with Crippen molar-refractivity contribution in [2.45, 2.75) is 91.4 Å². The number of rotatable bonds is 2. The van der Waals surface area contributed by atoms with E-state index in [2.05, 4.69) is 20.8 Å². The number of hydrogen-bond donors (Lipinski definition) is 0. The average molecular weight is 303 g/mol. The van der Waals surface area contributed by atoms with Gasteiger partial charge in [-0.25, -0.2) is 0 Å². The van der Waals surface area contributed by atoms with Crippen LogP contribution in [0, 0.1) is 46.8 Å². The molecule has 126 valence electrons. The Labute approximate surface area is 138 Å². The highest BCUT2D eigenvalue weighted by molar-refractivity contribution is 5.02. The molecule has 0 amide bonds. The summed E-state index contributed by atoms with van der Waals surface area (Å²) in [6, 6.07) is 0. The monoisotopic (exact) mass is 302 g/mol. The fraction of sp³-hybridized carbons (Fsp3) is 1.00. The maximum Gasteiger partial charge on any atom is -0.0297 e. The molecule has 22 heavy (non-hydrogen) atoms. The van der Waals surface area contributed by atoms with Gasteiger partial charge >= 0.3 is 0 Å². The van der Waals surface area contributed by atoms with E-state index in [1.165, 1.54) is 32.1 Å². The van der Waals surface area contributed by atoms with Crippen molar-refractivity contribution in [3.05, 3.63) is 0 Å². The van der Waals surface area contributed by atoms with Crippen molar-refractivity contribution in [3.63, 3.8) is 0 Å². The van der Waals surface area contributed by atoms with Crippen LogP contribution < -0.4 is 0 Å². The molecule has 4 aliphatic rings. The Kier molecular flexibility index (Phi) is 4.10. The number of hydrogen-bond acceptors (Lipinski definition) is 0. The Morgan fingerprint density at radius 1 is 0.682 bits per heavy atom. The molecule has 4 aliphatic carbocycles. The van der Waals surface area contributed by atoms with Gasteiger partial charge in [-0.15, -0.1) is 0 Å². The largest absolute Gasteiger partial charge is 0.0622 e. The lowest BCUT2D eigenvalue weighted by Crippen LogP contribution is -2.43. The fourth-order valence-corrected chi connectivity index (χ4v) is 7.70. The molecule has 0 spiro atoms. The van der Waals surface area contributed by atoms with Gasteiger partial charge in [0.15, 0.2) is 0 Å². The molecule has 6 unspecified atom stereocenters. The van der Waals surface area contributed by atoms with Crippen LogP contribution in [0.5, 0.6) is 0 Å². The summed E-state index contributed by atoms with van der Waals surface area (Å²) in [7, 11) is 0. The van der Waals surface area contributed by atoms with Gasteiger partial charge in [-0.3, -0.25) is 0 Å². The normalized spacial score (nSPS) is 46.5. The summed E-state index contributed by atoms with van der Waals surface area (Å²) in [6.45, 7) is 7.89. The minimum atomic E-state index is 0.615. The van der Waals surface area contributed by atoms with Crippen molar-refractivity contribution < 1.29 is 0 Å². The quantitative estimate of drug-likeness (QED) is 0.533. The van der Waals surface area contributed by atoms with Gasteiger partial charge in [-0.05, 0) is 85.4 Å². The first-order valence-electron chi connectivity index (χ1n) is 10.6. The van der Waals surface area contributed by atoms with Gasteiger partial charge in [0, 0.05) is 0 Å². The van der Waals surface area contributed by atoms with E-state index in [1.54, 1.807) is 38.5 Å². The van der Waals surface area contributed by atoms with Crippen molar-refractivity contribution in [2.75, 3.05) is 0 Å². The second-order valence-corrected chi connectivity index (χ2v) is 10.2. The van der Waals surface area contributed by atoms with Gasteiger partial charge < -0.3 is 0 Å². The van der Waals surface area contributed by atoms with E-state index < -0.39 is 0 Å². The second-order valence-electron chi connectivity index (χ2n) is 10.2. The highest BCUT2D eigenvalue weighted by atomic mass is 14.6. The maximum atomic E-state index is 2.66. The van der Waals surface area contributed by atoms with Crippen LogP contribution in [0.25, 0.3) is 0 Å². The molecule has 4 saturated carbocycles. The molecule has 0 aromatic carbocycles. The SMILES string of the molecule is CC1CC2CC(C(C)(C)C3CCCCC3)CC3CCCC1C32. The van der Waals surface area contributed by atoms with Crippen LogP contribution in [0.15, 0.2) is 0 Å². The third kappa shape index (κ3) is 2.48. The molecule has 0 bridgehead atoms. The highest BCUT2D eigenvalue weighted by Gasteiger charge is 2.52. The summed E-state index contributed by atoms with van der Waals surface area (Å²) < 4.78 is 0. The van der Waals surface area contributed by atoms with Crippen molar-refractivity contribution in [2.24, 2.45) is 46.8 Å². The molecule has 0 N–H and O–H groups in total.